The minimum atomic E-state index is -2.66. The number of thiol groups is 1. The maximum Gasteiger partial charge on any atom is 0.257 e. The van der Waals surface area contributed by atoms with Gasteiger partial charge in [-0.25, -0.2) is 8.42 Å². The second-order valence-electron chi connectivity index (χ2n) is 1.13. The van der Waals surface area contributed by atoms with Gasteiger partial charge in [0.15, 0.2) is 0 Å². The smallest absolute Gasteiger partial charge is 0.257 e. The summed E-state index contributed by atoms with van der Waals surface area (Å²) in [4.78, 5) is 0. The minimum absolute atomic E-state index is 0.211. The lowest BCUT2D eigenvalue weighted by atomic mass is 10.5. The number of rotatable bonds is 4. The van der Waals surface area contributed by atoms with Crippen LogP contribution in [0, 0.1) is 0 Å². The Kier molecular flexibility index (Phi) is 4.59. The van der Waals surface area contributed by atoms with Crippen LogP contribution in [0.1, 0.15) is 6.42 Å². The zero-order valence-corrected chi connectivity index (χ0v) is 5.27. The second kappa shape index (κ2) is 4.80. The molecule has 0 rings (SSSR count). The van der Waals surface area contributed by atoms with Gasteiger partial charge in [-0.15, -0.1) is 6.58 Å². The van der Waals surface area contributed by atoms with Crippen molar-refractivity contribution < 1.29 is 12.6 Å². The van der Waals surface area contributed by atoms with E-state index in [0.717, 1.165) is 0 Å². The molecule has 0 atom stereocenters. The van der Waals surface area contributed by atoms with E-state index in [-0.39, 0.29) is 6.61 Å². The average Bonchev–Trinajstić information content (AvgIpc) is 1.66. The van der Waals surface area contributed by atoms with Crippen LogP contribution >= 0.6 is 0 Å². The molecular formula is C4H8O3S. The van der Waals surface area contributed by atoms with Gasteiger partial charge < -0.3 is 0 Å². The van der Waals surface area contributed by atoms with E-state index in [0.29, 0.717) is 6.42 Å². The molecule has 0 amide bonds. The maximum atomic E-state index is 9.65. The fourth-order valence-corrected chi connectivity index (χ4v) is 0.465. The monoisotopic (exact) mass is 136 g/mol. The first-order chi connectivity index (χ1) is 3.77. The fourth-order valence-electron chi connectivity index (χ4n) is 0.211. The molecule has 4 heteroatoms. The van der Waals surface area contributed by atoms with E-state index >= 15 is 0 Å². The number of hydrogen-bond acceptors (Lipinski definition) is 3. The summed E-state index contributed by atoms with van der Waals surface area (Å²) < 4.78 is 23.5. The van der Waals surface area contributed by atoms with Crippen LogP contribution in [0.4, 0.5) is 0 Å². The van der Waals surface area contributed by atoms with Crippen LogP contribution in [-0.4, -0.2) is 15.0 Å². The Morgan fingerprint density at radius 3 is 2.62 bits per heavy atom. The first-order valence-electron chi connectivity index (χ1n) is 2.15. The molecule has 0 saturated carbocycles. The molecule has 0 fully saturated rings. The zero-order chi connectivity index (χ0) is 6.41. The summed E-state index contributed by atoms with van der Waals surface area (Å²) in [7, 11) is -2.66. The van der Waals surface area contributed by atoms with Crippen LogP contribution in [0.25, 0.3) is 0 Å². The van der Waals surface area contributed by atoms with Crippen molar-refractivity contribution >= 4 is 11.0 Å². The molecule has 0 saturated heterocycles. The SMILES string of the molecule is C=CCCO[SH](=O)=O. The van der Waals surface area contributed by atoms with E-state index in [4.69, 9.17) is 0 Å². The average molecular weight is 136 g/mol. The molecule has 0 spiro atoms. The first kappa shape index (κ1) is 7.65. The molecule has 0 radical (unpaired) electrons. The molecule has 0 aromatic heterocycles. The minimum Gasteiger partial charge on any atom is -0.272 e. The van der Waals surface area contributed by atoms with Gasteiger partial charge in [-0.3, -0.25) is 4.18 Å². The van der Waals surface area contributed by atoms with Gasteiger partial charge in [-0.1, -0.05) is 6.08 Å². The Balaban J connectivity index is 3.05. The fraction of sp³-hybridized carbons (Fsp3) is 0.500. The molecule has 8 heavy (non-hydrogen) atoms. The number of hydrogen-bond donors (Lipinski definition) is 1. The Morgan fingerprint density at radius 2 is 2.25 bits per heavy atom. The van der Waals surface area contributed by atoms with E-state index in [1.807, 2.05) is 0 Å². The summed E-state index contributed by atoms with van der Waals surface area (Å²) in [6.07, 6.45) is 2.17. The van der Waals surface area contributed by atoms with Gasteiger partial charge in [0.2, 0.25) is 0 Å². The molecule has 48 valence electrons. The highest BCUT2D eigenvalue weighted by Crippen LogP contribution is 1.80. The molecule has 0 heterocycles. The molecule has 0 N–H and O–H groups in total. The molecule has 0 aliphatic carbocycles. The third-order valence-corrected chi connectivity index (χ3v) is 0.912. The van der Waals surface area contributed by atoms with Crippen LogP contribution in [-0.2, 0) is 15.2 Å². The summed E-state index contributed by atoms with van der Waals surface area (Å²) >= 11 is 0. The summed E-state index contributed by atoms with van der Waals surface area (Å²) in [5.41, 5.74) is 0. The quantitative estimate of drug-likeness (QED) is 0.339. The third-order valence-electron chi connectivity index (χ3n) is 0.519. The molecule has 0 aromatic carbocycles. The van der Waals surface area contributed by atoms with Crippen LogP contribution in [0.3, 0.4) is 0 Å². The molecule has 3 nitrogen and oxygen atoms in total. The van der Waals surface area contributed by atoms with E-state index in [1.165, 1.54) is 0 Å². The van der Waals surface area contributed by atoms with Crippen molar-refractivity contribution in [2.75, 3.05) is 6.61 Å². The van der Waals surface area contributed by atoms with E-state index in [1.54, 1.807) is 6.08 Å². The van der Waals surface area contributed by atoms with Gasteiger partial charge in [0, 0.05) is 0 Å². The van der Waals surface area contributed by atoms with Gasteiger partial charge in [0.1, 0.15) is 0 Å². The van der Waals surface area contributed by atoms with Crippen LogP contribution in [0.15, 0.2) is 12.7 Å². The van der Waals surface area contributed by atoms with Crippen LogP contribution in [0.2, 0.25) is 0 Å². The normalized spacial score (nSPS) is 9.62. The van der Waals surface area contributed by atoms with Gasteiger partial charge in [0.05, 0.1) is 6.61 Å². The van der Waals surface area contributed by atoms with Crippen molar-refractivity contribution in [3.63, 3.8) is 0 Å². The van der Waals surface area contributed by atoms with Crippen molar-refractivity contribution in [1.29, 1.82) is 0 Å². The maximum absolute atomic E-state index is 9.65. The van der Waals surface area contributed by atoms with Gasteiger partial charge in [0.25, 0.3) is 11.0 Å². The standard InChI is InChI=1S/C4H8O3S/c1-2-3-4-7-8(5)6/h2,8H,1,3-4H2. The summed E-state index contributed by atoms with van der Waals surface area (Å²) in [5, 5.41) is 0. The largest absolute Gasteiger partial charge is 0.272 e. The van der Waals surface area contributed by atoms with Crippen LogP contribution < -0.4 is 0 Å². The molecular weight excluding hydrogens is 128 g/mol. The van der Waals surface area contributed by atoms with Crippen molar-refractivity contribution in [2.45, 2.75) is 6.42 Å². The Morgan fingerprint density at radius 1 is 1.62 bits per heavy atom. The summed E-state index contributed by atoms with van der Waals surface area (Å²) in [6, 6.07) is 0. The topological polar surface area (TPSA) is 43.4 Å². The van der Waals surface area contributed by atoms with Crippen molar-refractivity contribution in [3.05, 3.63) is 12.7 Å². The van der Waals surface area contributed by atoms with Crippen molar-refractivity contribution in [3.8, 4) is 0 Å². The summed E-state index contributed by atoms with van der Waals surface area (Å²) in [6.45, 7) is 3.59. The van der Waals surface area contributed by atoms with E-state index < -0.39 is 11.0 Å². The lowest BCUT2D eigenvalue weighted by molar-refractivity contribution is 0.340. The highest BCUT2D eigenvalue weighted by molar-refractivity contribution is 7.67. The Hall–Kier alpha value is -0.350. The van der Waals surface area contributed by atoms with E-state index in [2.05, 4.69) is 10.8 Å². The van der Waals surface area contributed by atoms with Gasteiger partial charge in [-0.05, 0) is 6.42 Å². The second-order valence-corrected chi connectivity index (χ2v) is 1.84. The van der Waals surface area contributed by atoms with E-state index in [9.17, 15) is 8.42 Å². The first-order valence-corrected chi connectivity index (χ1v) is 3.25. The lowest BCUT2D eigenvalue weighted by Crippen LogP contribution is -1.88. The molecule has 0 aromatic rings. The Labute approximate surface area is 50.1 Å². The zero-order valence-electron chi connectivity index (χ0n) is 4.37. The lowest BCUT2D eigenvalue weighted by Gasteiger charge is -1.86. The highest BCUT2D eigenvalue weighted by Gasteiger charge is 1.80. The predicted octanol–water partition coefficient (Wildman–Crippen LogP) is 0.106. The summed E-state index contributed by atoms with van der Waals surface area (Å²) in [5.74, 6) is 0. The third kappa shape index (κ3) is 5.65. The highest BCUT2D eigenvalue weighted by atomic mass is 32.2. The van der Waals surface area contributed by atoms with Gasteiger partial charge in [-0.2, -0.15) is 0 Å². The Bertz CT molecular complexity index is 119. The molecule has 0 bridgehead atoms. The van der Waals surface area contributed by atoms with Crippen molar-refractivity contribution in [1.82, 2.24) is 0 Å². The van der Waals surface area contributed by atoms with Crippen molar-refractivity contribution in [2.24, 2.45) is 0 Å². The molecule has 0 aliphatic rings. The molecule has 0 aliphatic heterocycles. The van der Waals surface area contributed by atoms with Crippen LogP contribution in [0.5, 0.6) is 0 Å². The predicted molar refractivity (Wildman–Crippen MR) is 31.1 cm³/mol. The van der Waals surface area contributed by atoms with Gasteiger partial charge >= 0.3 is 0 Å². The molecule has 0 unspecified atom stereocenters.